The second kappa shape index (κ2) is 9.40. The van der Waals surface area contributed by atoms with Crippen LogP contribution in [0, 0.1) is 5.92 Å². The molecule has 174 valence electrons. The quantitative estimate of drug-likeness (QED) is 0.391. The molecule has 4 aromatic rings. The lowest BCUT2D eigenvalue weighted by Gasteiger charge is -2.34. The molecule has 2 saturated heterocycles. The lowest BCUT2D eigenvalue weighted by Crippen LogP contribution is -2.38. The van der Waals surface area contributed by atoms with E-state index in [1.807, 2.05) is 24.4 Å². The standard InChI is InChI=1S/C29H31N3OS/c33-29(26-8-4-7-23-9-13-30-28(23)26)32-18-25(27(19-32)24-12-16-34-20-24)17-31-14-10-22(11-15-31)21-5-2-1-3-6-21/h1-9,12-13,16,20,22,25,27,30H,10-11,14-15,17-19H2/t25-,27+/m1/s1. The molecule has 2 aromatic heterocycles. The molecule has 2 atom stereocenters. The summed E-state index contributed by atoms with van der Waals surface area (Å²) in [7, 11) is 0. The average molecular weight is 470 g/mol. The largest absolute Gasteiger partial charge is 0.361 e. The van der Waals surface area contributed by atoms with Gasteiger partial charge in [0.2, 0.25) is 0 Å². The molecular formula is C29H31N3OS. The smallest absolute Gasteiger partial charge is 0.256 e. The Labute approximate surface area is 205 Å². The van der Waals surface area contributed by atoms with Crippen LogP contribution in [-0.2, 0) is 0 Å². The molecule has 2 aromatic carbocycles. The number of para-hydroxylation sites is 1. The van der Waals surface area contributed by atoms with Gasteiger partial charge in [-0.3, -0.25) is 4.79 Å². The van der Waals surface area contributed by atoms with Crippen molar-refractivity contribution in [3.8, 4) is 0 Å². The summed E-state index contributed by atoms with van der Waals surface area (Å²) in [5.41, 5.74) is 4.61. The van der Waals surface area contributed by atoms with Gasteiger partial charge in [0.05, 0.1) is 11.1 Å². The van der Waals surface area contributed by atoms with Crippen molar-refractivity contribution in [2.75, 3.05) is 32.7 Å². The highest BCUT2D eigenvalue weighted by atomic mass is 32.1. The van der Waals surface area contributed by atoms with Gasteiger partial charge >= 0.3 is 0 Å². The molecule has 1 N–H and O–H groups in total. The summed E-state index contributed by atoms with van der Waals surface area (Å²) in [6.45, 7) is 4.98. The number of aromatic nitrogens is 1. The van der Waals surface area contributed by atoms with Crippen LogP contribution in [-0.4, -0.2) is 53.4 Å². The van der Waals surface area contributed by atoms with E-state index in [0.29, 0.717) is 17.8 Å². The van der Waals surface area contributed by atoms with Gasteiger partial charge in [-0.25, -0.2) is 0 Å². The number of thiophene rings is 1. The van der Waals surface area contributed by atoms with Crippen LogP contribution in [0.15, 0.2) is 77.6 Å². The number of carbonyl (C=O) groups excluding carboxylic acids is 1. The number of aromatic amines is 1. The van der Waals surface area contributed by atoms with Crippen LogP contribution in [0.2, 0.25) is 0 Å². The molecule has 2 aliphatic rings. The van der Waals surface area contributed by atoms with Gasteiger partial charge in [0, 0.05) is 37.1 Å². The monoisotopic (exact) mass is 469 g/mol. The third kappa shape index (κ3) is 4.19. The van der Waals surface area contributed by atoms with E-state index in [1.165, 1.54) is 24.0 Å². The molecular weight excluding hydrogens is 438 g/mol. The van der Waals surface area contributed by atoms with Crippen molar-refractivity contribution >= 4 is 28.1 Å². The zero-order chi connectivity index (χ0) is 22.9. The van der Waals surface area contributed by atoms with Crippen LogP contribution in [0.4, 0.5) is 0 Å². The zero-order valence-corrected chi connectivity index (χ0v) is 20.2. The highest BCUT2D eigenvalue weighted by Crippen LogP contribution is 2.37. The maximum Gasteiger partial charge on any atom is 0.256 e. The molecule has 0 bridgehead atoms. The van der Waals surface area contributed by atoms with Crippen LogP contribution in [0.5, 0.6) is 0 Å². The summed E-state index contributed by atoms with van der Waals surface area (Å²) >= 11 is 1.76. The summed E-state index contributed by atoms with van der Waals surface area (Å²) in [6.07, 6.45) is 4.36. The van der Waals surface area contributed by atoms with E-state index in [9.17, 15) is 4.79 Å². The molecule has 0 unspecified atom stereocenters. The first kappa shape index (κ1) is 21.6. The van der Waals surface area contributed by atoms with Crippen molar-refractivity contribution in [1.82, 2.24) is 14.8 Å². The Hall–Kier alpha value is -2.89. The third-order valence-electron chi connectivity index (χ3n) is 7.87. The van der Waals surface area contributed by atoms with Gasteiger partial charge < -0.3 is 14.8 Å². The molecule has 2 aliphatic heterocycles. The molecule has 34 heavy (non-hydrogen) atoms. The van der Waals surface area contributed by atoms with E-state index in [0.717, 1.165) is 49.2 Å². The fourth-order valence-corrected chi connectivity index (χ4v) is 6.75. The number of benzene rings is 2. The summed E-state index contributed by atoms with van der Waals surface area (Å²) in [5, 5.41) is 5.54. The van der Waals surface area contributed by atoms with E-state index >= 15 is 0 Å². The summed E-state index contributed by atoms with van der Waals surface area (Å²) in [4.78, 5) is 21.6. The number of hydrogen-bond donors (Lipinski definition) is 1. The van der Waals surface area contributed by atoms with Crippen molar-refractivity contribution in [3.63, 3.8) is 0 Å². The summed E-state index contributed by atoms with van der Waals surface area (Å²) < 4.78 is 0. The molecule has 0 radical (unpaired) electrons. The summed E-state index contributed by atoms with van der Waals surface area (Å²) in [6, 6.07) is 21.3. The van der Waals surface area contributed by atoms with Gasteiger partial charge in [0.25, 0.3) is 5.91 Å². The molecule has 2 fully saturated rings. The predicted octanol–water partition coefficient (Wildman–Crippen LogP) is 5.96. The number of hydrogen-bond acceptors (Lipinski definition) is 3. The van der Waals surface area contributed by atoms with E-state index < -0.39 is 0 Å². The number of rotatable bonds is 5. The minimum absolute atomic E-state index is 0.151. The van der Waals surface area contributed by atoms with Crippen molar-refractivity contribution in [2.24, 2.45) is 5.92 Å². The van der Waals surface area contributed by atoms with E-state index in [1.54, 1.807) is 11.3 Å². The van der Waals surface area contributed by atoms with Gasteiger partial charge in [0.15, 0.2) is 0 Å². The maximum atomic E-state index is 13.6. The first-order chi connectivity index (χ1) is 16.8. The van der Waals surface area contributed by atoms with Gasteiger partial charge in [-0.2, -0.15) is 11.3 Å². The van der Waals surface area contributed by atoms with Crippen molar-refractivity contribution < 1.29 is 4.79 Å². The highest BCUT2D eigenvalue weighted by molar-refractivity contribution is 7.08. The molecule has 0 saturated carbocycles. The molecule has 4 heterocycles. The number of nitrogens with zero attached hydrogens (tertiary/aromatic N) is 2. The lowest BCUT2D eigenvalue weighted by atomic mass is 9.87. The Bertz CT molecular complexity index is 1240. The molecule has 4 nitrogen and oxygen atoms in total. The second-order valence-corrected chi connectivity index (χ2v) is 10.6. The number of amides is 1. The normalized spacial score (nSPS) is 21.9. The van der Waals surface area contributed by atoms with Gasteiger partial charge in [-0.1, -0.05) is 42.5 Å². The fourth-order valence-electron chi connectivity index (χ4n) is 6.02. The Balaban J connectivity index is 1.17. The van der Waals surface area contributed by atoms with Crippen molar-refractivity contribution in [1.29, 1.82) is 0 Å². The van der Waals surface area contributed by atoms with Crippen molar-refractivity contribution in [3.05, 3.63) is 94.3 Å². The molecule has 1 amide bonds. The molecule has 6 rings (SSSR count). The van der Waals surface area contributed by atoms with Gasteiger partial charge in [0.1, 0.15) is 0 Å². The molecule has 0 aliphatic carbocycles. The van der Waals surface area contributed by atoms with Gasteiger partial charge in [-0.05, 0) is 77.9 Å². The first-order valence-electron chi connectivity index (χ1n) is 12.4. The van der Waals surface area contributed by atoms with E-state index in [4.69, 9.17) is 0 Å². The minimum Gasteiger partial charge on any atom is -0.361 e. The van der Waals surface area contributed by atoms with Crippen LogP contribution >= 0.6 is 11.3 Å². The number of piperidine rings is 1. The second-order valence-electron chi connectivity index (χ2n) is 9.87. The topological polar surface area (TPSA) is 39.3 Å². The van der Waals surface area contributed by atoms with Crippen LogP contribution < -0.4 is 0 Å². The fraction of sp³-hybridized carbons (Fsp3) is 0.345. The average Bonchev–Trinajstić information content (AvgIpc) is 3.65. The van der Waals surface area contributed by atoms with Crippen LogP contribution in [0.3, 0.4) is 0 Å². The van der Waals surface area contributed by atoms with Gasteiger partial charge in [-0.15, -0.1) is 0 Å². The zero-order valence-electron chi connectivity index (χ0n) is 19.4. The lowest BCUT2D eigenvalue weighted by molar-refractivity contribution is 0.0783. The van der Waals surface area contributed by atoms with E-state index in [-0.39, 0.29) is 5.91 Å². The molecule has 0 spiro atoms. The Morgan fingerprint density at radius 2 is 1.79 bits per heavy atom. The third-order valence-corrected chi connectivity index (χ3v) is 8.57. The summed E-state index contributed by atoms with van der Waals surface area (Å²) in [5.74, 6) is 1.70. The van der Waals surface area contributed by atoms with Crippen LogP contribution in [0.1, 0.15) is 46.2 Å². The van der Waals surface area contributed by atoms with E-state index in [2.05, 4.69) is 68.0 Å². The maximum absolute atomic E-state index is 13.6. The minimum atomic E-state index is 0.151. The SMILES string of the molecule is O=C(c1cccc2cc[nH]c12)N1C[C@@H](CN2CCC(c3ccccc3)CC2)[C@H](c2ccsc2)C1. The Morgan fingerprint density at radius 3 is 2.59 bits per heavy atom. The Kier molecular flexibility index (Phi) is 5.98. The van der Waals surface area contributed by atoms with Crippen LogP contribution in [0.25, 0.3) is 10.9 Å². The number of fused-ring (bicyclic) bond motifs is 1. The van der Waals surface area contributed by atoms with Crippen molar-refractivity contribution in [2.45, 2.75) is 24.7 Å². The predicted molar refractivity (Wildman–Crippen MR) is 140 cm³/mol. The number of carbonyl (C=O) groups is 1. The molecule has 5 heteroatoms. The number of H-pyrrole nitrogens is 1. The number of likely N-dealkylation sites (tertiary alicyclic amines) is 2. The highest BCUT2D eigenvalue weighted by Gasteiger charge is 2.38. The first-order valence-corrected chi connectivity index (χ1v) is 13.4. The number of nitrogens with one attached hydrogen (secondary N) is 1. The Morgan fingerprint density at radius 1 is 0.941 bits per heavy atom.